The van der Waals surface area contributed by atoms with Crippen molar-refractivity contribution < 1.29 is 14.5 Å². The van der Waals surface area contributed by atoms with Crippen LogP contribution in [-0.2, 0) is 4.74 Å². The van der Waals surface area contributed by atoms with Gasteiger partial charge in [-0.2, -0.15) is 0 Å². The monoisotopic (exact) mass is 307 g/mol. The van der Waals surface area contributed by atoms with Crippen LogP contribution in [0.25, 0.3) is 0 Å². The van der Waals surface area contributed by atoms with Crippen molar-refractivity contribution >= 4 is 17.3 Å². The second-order valence-corrected chi connectivity index (χ2v) is 5.39. The molecule has 0 atom stereocenters. The van der Waals surface area contributed by atoms with Crippen molar-refractivity contribution in [3.8, 4) is 0 Å². The Morgan fingerprint density at radius 3 is 2.82 bits per heavy atom. The fourth-order valence-electron chi connectivity index (χ4n) is 2.66. The summed E-state index contributed by atoms with van der Waals surface area (Å²) in [7, 11) is 1.25. The smallest absolute Gasteiger partial charge is 0.338 e. The summed E-state index contributed by atoms with van der Waals surface area (Å²) in [5, 5.41) is 17.6. The molecule has 1 aromatic rings. The number of nitrogens with zero attached hydrogens (tertiary/aromatic N) is 1. The number of nitro benzene ring substituents is 1. The van der Waals surface area contributed by atoms with Gasteiger partial charge >= 0.3 is 5.97 Å². The first-order valence-electron chi connectivity index (χ1n) is 7.43. The molecule has 0 aliphatic carbocycles. The van der Waals surface area contributed by atoms with Crippen LogP contribution in [0.15, 0.2) is 18.2 Å². The Morgan fingerprint density at radius 1 is 1.45 bits per heavy atom. The predicted molar refractivity (Wildman–Crippen MR) is 83.1 cm³/mol. The lowest BCUT2D eigenvalue weighted by molar-refractivity contribution is -0.384. The van der Waals surface area contributed by atoms with Gasteiger partial charge in [0.15, 0.2) is 0 Å². The molecule has 0 unspecified atom stereocenters. The molecule has 2 rings (SSSR count). The minimum atomic E-state index is -0.579. The van der Waals surface area contributed by atoms with E-state index in [1.54, 1.807) is 6.07 Å². The van der Waals surface area contributed by atoms with E-state index in [2.05, 4.69) is 15.4 Å². The Labute approximate surface area is 129 Å². The van der Waals surface area contributed by atoms with E-state index >= 15 is 0 Å². The number of benzene rings is 1. The van der Waals surface area contributed by atoms with Crippen molar-refractivity contribution in [3.05, 3.63) is 33.9 Å². The molecule has 1 saturated heterocycles. The molecule has 22 heavy (non-hydrogen) atoms. The highest BCUT2D eigenvalue weighted by atomic mass is 16.6. The molecule has 1 fully saturated rings. The maximum atomic E-state index is 11.4. The molecule has 0 bridgehead atoms. The summed E-state index contributed by atoms with van der Waals surface area (Å²) in [6.07, 6.45) is 3.27. The number of hydrogen-bond donors (Lipinski definition) is 2. The van der Waals surface area contributed by atoms with E-state index in [0.717, 1.165) is 32.4 Å². The van der Waals surface area contributed by atoms with E-state index in [0.29, 0.717) is 18.2 Å². The normalized spacial score (nSPS) is 15.3. The Balaban J connectivity index is 1.99. The molecular formula is C15H21N3O4. The van der Waals surface area contributed by atoms with Gasteiger partial charge in [-0.15, -0.1) is 0 Å². The third-order valence-electron chi connectivity index (χ3n) is 3.94. The summed E-state index contributed by atoms with van der Waals surface area (Å²) < 4.78 is 4.58. The summed E-state index contributed by atoms with van der Waals surface area (Å²) in [5.74, 6) is 0.0755. The molecule has 0 saturated carbocycles. The summed E-state index contributed by atoms with van der Waals surface area (Å²) in [4.78, 5) is 22.1. The number of carbonyl (C=O) groups excluding carboxylic acids is 1. The average molecular weight is 307 g/mol. The lowest BCUT2D eigenvalue weighted by Crippen LogP contribution is -2.28. The minimum absolute atomic E-state index is 0.104. The fraction of sp³-hybridized carbons (Fsp3) is 0.533. The zero-order valence-electron chi connectivity index (χ0n) is 12.6. The van der Waals surface area contributed by atoms with Gasteiger partial charge in [-0.05, 0) is 50.4 Å². The van der Waals surface area contributed by atoms with Crippen molar-refractivity contribution in [2.75, 3.05) is 32.1 Å². The second-order valence-electron chi connectivity index (χ2n) is 5.39. The van der Waals surface area contributed by atoms with E-state index < -0.39 is 10.9 Å². The maximum absolute atomic E-state index is 11.4. The molecule has 2 N–H and O–H groups in total. The standard InChI is InChI=1S/C15H21N3O4/c1-22-15(19)12-2-3-13(14(10-12)18(20)21)17-9-6-11-4-7-16-8-5-11/h2-3,10-11,16-17H,4-9H2,1H3. The largest absolute Gasteiger partial charge is 0.465 e. The Morgan fingerprint density at radius 2 is 2.18 bits per heavy atom. The van der Waals surface area contributed by atoms with Gasteiger partial charge in [0.05, 0.1) is 17.6 Å². The third-order valence-corrected chi connectivity index (χ3v) is 3.94. The highest BCUT2D eigenvalue weighted by Crippen LogP contribution is 2.26. The molecule has 0 spiro atoms. The van der Waals surface area contributed by atoms with Gasteiger partial charge in [0, 0.05) is 12.6 Å². The SMILES string of the molecule is COC(=O)c1ccc(NCCC2CCNCC2)c([N+](=O)[O-])c1. The lowest BCUT2D eigenvalue weighted by Gasteiger charge is -2.22. The first-order valence-corrected chi connectivity index (χ1v) is 7.43. The number of rotatable bonds is 6. The van der Waals surface area contributed by atoms with Crippen LogP contribution in [0.2, 0.25) is 0 Å². The van der Waals surface area contributed by atoms with Gasteiger partial charge in [0.1, 0.15) is 5.69 Å². The number of nitro groups is 1. The van der Waals surface area contributed by atoms with Gasteiger partial charge in [-0.25, -0.2) is 4.79 Å². The number of methoxy groups -OCH3 is 1. The lowest BCUT2D eigenvalue weighted by atomic mass is 9.95. The Hall–Kier alpha value is -2.15. The van der Waals surface area contributed by atoms with Crippen LogP contribution < -0.4 is 10.6 Å². The molecule has 7 nitrogen and oxygen atoms in total. The fourth-order valence-corrected chi connectivity index (χ4v) is 2.66. The molecule has 0 amide bonds. The molecule has 120 valence electrons. The molecule has 0 aromatic heterocycles. The molecule has 1 aliphatic heterocycles. The van der Waals surface area contributed by atoms with Crippen molar-refractivity contribution in [2.24, 2.45) is 5.92 Å². The zero-order valence-corrected chi connectivity index (χ0v) is 12.6. The molecule has 1 aromatic carbocycles. The van der Waals surface area contributed by atoms with Crippen LogP contribution in [0, 0.1) is 16.0 Å². The number of esters is 1. The highest BCUT2D eigenvalue weighted by Gasteiger charge is 2.18. The van der Waals surface area contributed by atoms with Crippen molar-refractivity contribution in [2.45, 2.75) is 19.3 Å². The average Bonchev–Trinajstić information content (AvgIpc) is 2.55. The van der Waals surface area contributed by atoms with E-state index in [1.807, 2.05) is 0 Å². The van der Waals surface area contributed by atoms with Crippen LogP contribution >= 0.6 is 0 Å². The molecule has 0 radical (unpaired) electrons. The summed E-state index contributed by atoms with van der Waals surface area (Å²) in [6.45, 7) is 2.76. The minimum Gasteiger partial charge on any atom is -0.465 e. The number of ether oxygens (including phenoxy) is 1. The molecular weight excluding hydrogens is 286 g/mol. The van der Waals surface area contributed by atoms with Gasteiger partial charge in [-0.3, -0.25) is 10.1 Å². The number of hydrogen-bond acceptors (Lipinski definition) is 6. The van der Waals surface area contributed by atoms with Gasteiger partial charge in [0.25, 0.3) is 5.69 Å². The highest BCUT2D eigenvalue weighted by molar-refractivity contribution is 5.91. The van der Waals surface area contributed by atoms with Crippen molar-refractivity contribution in [1.29, 1.82) is 0 Å². The van der Waals surface area contributed by atoms with Crippen LogP contribution in [0.5, 0.6) is 0 Å². The summed E-state index contributed by atoms with van der Waals surface area (Å²) >= 11 is 0. The van der Waals surface area contributed by atoms with Gasteiger partial charge < -0.3 is 15.4 Å². The predicted octanol–water partition coefficient (Wildman–Crippen LogP) is 2.18. The number of carbonyl (C=O) groups is 1. The first kappa shape index (κ1) is 16.2. The maximum Gasteiger partial charge on any atom is 0.338 e. The summed E-state index contributed by atoms with van der Waals surface area (Å²) in [5.41, 5.74) is 0.512. The topological polar surface area (TPSA) is 93.5 Å². The first-order chi connectivity index (χ1) is 10.6. The van der Waals surface area contributed by atoms with Gasteiger partial charge in [0.2, 0.25) is 0 Å². The van der Waals surface area contributed by atoms with Crippen molar-refractivity contribution in [1.82, 2.24) is 5.32 Å². The number of anilines is 1. The van der Waals surface area contributed by atoms with E-state index in [1.165, 1.54) is 19.2 Å². The zero-order chi connectivity index (χ0) is 15.9. The van der Waals surface area contributed by atoms with Crippen molar-refractivity contribution in [3.63, 3.8) is 0 Å². The molecule has 7 heteroatoms. The van der Waals surface area contributed by atoms with Crippen LogP contribution in [0.3, 0.4) is 0 Å². The van der Waals surface area contributed by atoms with E-state index in [9.17, 15) is 14.9 Å². The van der Waals surface area contributed by atoms with Crippen LogP contribution in [0.4, 0.5) is 11.4 Å². The third kappa shape index (κ3) is 4.17. The molecule has 1 heterocycles. The van der Waals surface area contributed by atoms with E-state index in [4.69, 9.17) is 0 Å². The number of nitrogens with one attached hydrogen (secondary N) is 2. The number of piperidine rings is 1. The Bertz CT molecular complexity index is 542. The van der Waals surface area contributed by atoms with Crippen LogP contribution in [-0.4, -0.2) is 37.6 Å². The Kier molecular flexibility index (Phi) is 5.71. The van der Waals surface area contributed by atoms with Crippen LogP contribution in [0.1, 0.15) is 29.6 Å². The molecule has 1 aliphatic rings. The quantitative estimate of drug-likeness (QED) is 0.475. The summed E-state index contributed by atoms with van der Waals surface area (Å²) in [6, 6.07) is 4.34. The van der Waals surface area contributed by atoms with E-state index in [-0.39, 0.29) is 11.3 Å². The van der Waals surface area contributed by atoms with Gasteiger partial charge in [-0.1, -0.05) is 0 Å². The second kappa shape index (κ2) is 7.74.